The Balaban J connectivity index is 1.71. The largest absolute Gasteiger partial charge is 0.332 e. The number of hydrogen-bond acceptors (Lipinski definition) is 2. The second-order valence-corrected chi connectivity index (χ2v) is 8.02. The average Bonchev–Trinajstić information content (AvgIpc) is 2.85. The Labute approximate surface area is 178 Å². The number of nitrogens with zero attached hydrogens (tertiary/aromatic N) is 2. The van der Waals surface area contributed by atoms with Crippen molar-refractivity contribution >= 4 is 56.2 Å². The Morgan fingerprint density at radius 3 is 2.63 bits per heavy atom. The highest BCUT2D eigenvalue weighted by atomic mass is 79.9. The number of anilines is 2. The van der Waals surface area contributed by atoms with Crippen molar-refractivity contribution in [3.8, 4) is 0 Å². The Morgan fingerprint density at radius 1 is 1.15 bits per heavy atom. The predicted octanol–water partition coefficient (Wildman–Crippen LogP) is 6.08. The van der Waals surface area contributed by atoms with Crippen molar-refractivity contribution in [2.24, 2.45) is 0 Å². The summed E-state index contributed by atoms with van der Waals surface area (Å²) in [4.78, 5) is 0. The van der Waals surface area contributed by atoms with Crippen molar-refractivity contribution in [3.63, 3.8) is 0 Å². The van der Waals surface area contributed by atoms with Crippen LogP contribution in [0.3, 0.4) is 0 Å². The summed E-state index contributed by atoms with van der Waals surface area (Å²) in [5, 5.41) is 12.2. The van der Waals surface area contributed by atoms with E-state index in [0.29, 0.717) is 16.7 Å². The quantitative estimate of drug-likeness (QED) is 0.460. The van der Waals surface area contributed by atoms with Crippen molar-refractivity contribution in [2.75, 3.05) is 10.6 Å². The smallest absolute Gasteiger partial charge is 0.175 e. The number of benzene rings is 2. The zero-order valence-corrected chi connectivity index (χ0v) is 18.5. The van der Waals surface area contributed by atoms with E-state index in [-0.39, 0.29) is 0 Å². The van der Waals surface area contributed by atoms with Gasteiger partial charge in [-0.05, 0) is 84.3 Å². The molecule has 0 saturated heterocycles. The first kappa shape index (κ1) is 19.9. The highest BCUT2D eigenvalue weighted by Gasteiger charge is 2.09. The van der Waals surface area contributed by atoms with Gasteiger partial charge in [-0.3, -0.25) is 4.68 Å². The molecule has 0 radical (unpaired) electrons. The standard InChI is InChI=1S/C20H20BrClN4S/c1-12-7-8-16(22)10-18(12)24-20(27)23-17-6-4-5-15(9-17)11-26-14(3)19(21)13(2)25-26/h4-10H,11H2,1-3H3,(H2,23,24,27). The van der Waals surface area contributed by atoms with Gasteiger partial charge in [-0.15, -0.1) is 0 Å². The number of halogens is 2. The lowest BCUT2D eigenvalue weighted by molar-refractivity contribution is 0.659. The van der Waals surface area contributed by atoms with Gasteiger partial charge in [0.05, 0.1) is 22.4 Å². The summed E-state index contributed by atoms with van der Waals surface area (Å²) in [7, 11) is 0. The third-order valence-corrected chi connectivity index (χ3v) is 5.85. The molecular weight excluding hydrogens is 444 g/mol. The monoisotopic (exact) mass is 462 g/mol. The molecule has 2 N–H and O–H groups in total. The van der Waals surface area contributed by atoms with Gasteiger partial charge in [0, 0.05) is 16.4 Å². The van der Waals surface area contributed by atoms with Crippen LogP contribution in [0.1, 0.15) is 22.5 Å². The zero-order chi connectivity index (χ0) is 19.6. The molecule has 3 rings (SSSR count). The maximum atomic E-state index is 6.07. The molecule has 4 nitrogen and oxygen atoms in total. The van der Waals surface area contributed by atoms with Gasteiger partial charge in [-0.1, -0.05) is 29.8 Å². The molecule has 0 atom stereocenters. The van der Waals surface area contributed by atoms with E-state index in [1.807, 2.05) is 48.9 Å². The van der Waals surface area contributed by atoms with Crippen LogP contribution in [-0.4, -0.2) is 14.9 Å². The van der Waals surface area contributed by atoms with Crippen LogP contribution < -0.4 is 10.6 Å². The number of rotatable bonds is 4. The molecule has 27 heavy (non-hydrogen) atoms. The first-order chi connectivity index (χ1) is 12.8. The van der Waals surface area contributed by atoms with Crippen molar-refractivity contribution in [3.05, 3.63) is 74.5 Å². The number of aromatic nitrogens is 2. The second-order valence-electron chi connectivity index (χ2n) is 6.38. The molecule has 0 saturated carbocycles. The minimum atomic E-state index is 0.520. The van der Waals surface area contributed by atoms with Crippen molar-refractivity contribution < 1.29 is 0 Å². The van der Waals surface area contributed by atoms with Gasteiger partial charge in [0.1, 0.15) is 0 Å². The molecule has 140 valence electrons. The summed E-state index contributed by atoms with van der Waals surface area (Å²) in [5.74, 6) is 0. The highest BCUT2D eigenvalue weighted by molar-refractivity contribution is 9.10. The molecule has 7 heteroatoms. The molecule has 0 unspecified atom stereocenters. The van der Waals surface area contributed by atoms with E-state index in [1.54, 1.807) is 0 Å². The molecule has 1 heterocycles. The highest BCUT2D eigenvalue weighted by Crippen LogP contribution is 2.22. The number of nitrogens with one attached hydrogen (secondary N) is 2. The molecule has 0 bridgehead atoms. The Kier molecular flexibility index (Phi) is 6.19. The number of thiocarbonyl (C=S) groups is 1. The predicted molar refractivity (Wildman–Crippen MR) is 121 cm³/mol. The van der Waals surface area contributed by atoms with Gasteiger partial charge >= 0.3 is 0 Å². The van der Waals surface area contributed by atoms with Crippen molar-refractivity contribution in [1.82, 2.24) is 9.78 Å². The Morgan fingerprint density at radius 2 is 1.93 bits per heavy atom. The third-order valence-electron chi connectivity index (χ3n) is 4.26. The lowest BCUT2D eigenvalue weighted by Crippen LogP contribution is -2.19. The minimum absolute atomic E-state index is 0.520. The summed E-state index contributed by atoms with van der Waals surface area (Å²) in [6.07, 6.45) is 0. The minimum Gasteiger partial charge on any atom is -0.332 e. The maximum absolute atomic E-state index is 6.07. The van der Waals surface area contributed by atoms with E-state index in [1.165, 1.54) is 0 Å². The van der Waals surface area contributed by atoms with E-state index in [9.17, 15) is 0 Å². The molecule has 0 aliphatic carbocycles. The lowest BCUT2D eigenvalue weighted by Gasteiger charge is -2.14. The summed E-state index contributed by atoms with van der Waals surface area (Å²) in [6.45, 7) is 6.75. The normalized spacial score (nSPS) is 10.7. The van der Waals surface area contributed by atoms with E-state index >= 15 is 0 Å². The number of hydrogen-bond donors (Lipinski definition) is 2. The van der Waals surface area contributed by atoms with Gasteiger partial charge in [-0.25, -0.2) is 0 Å². The summed E-state index contributed by atoms with van der Waals surface area (Å²) < 4.78 is 3.05. The van der Waals surface area contributed by atoms with Crippen LogP contribution in [0.25, 0.3) is 0 Å². The number of aryl methyl sites for hydroxylation is 2. The van der Waals surface area contributed by atoms with Crippen LogP contribution in [0.15, 0.2) is 46.9 Å². The molecule has 1 aromatic heterocycles. The first-order valence-electron chi connectivity index (χ1n) is 8.46. The van der Waals surface area contributed by atoms with Gasteiger partial charge < -0.3 is 10.6 Å². The van der Waals surface area contributed by atoms with Gasteiger partial charge in [0.15, 0.2) is 5.11 Å². The maximum Gasteiger partial charge on any atom is 0.175 e. The van der Waals surface area contributed by atoms with E-state index in [2.05, 4.69) is 50.7 Å². The fourth-order valence-corrected chi connectivity index (χ4v) is 3.45. The van der Waals surface area contributed by atoms with Gasteiger partial charge in [-0.2, -0.15) is 5.10 Å². The summed E-state index contributed by atoms with van der Waals surface area (Å²) >= 11 is 15.1. The summed E-state index contributed by atoms with van der Waals surface area (Å²) in [6, 6.07) is 13.8. The van der Waals surface area contributed by atoms with Gasteiger partial charge in [0.2, 0.25) is 0 Å². The molecule has 0 spiro atoms. The Hall–Kier alpha value is -1.89. The van der Waals surface area contributed by atoms with Crippen LogP contribution >= 0.6 is 39.7 Å². The molecule has 2 aromatic carbocycles. The van der Waals surface area contributed by atoms with E-state index in [0.717, 1.165) is 38.4 Å². The van der Waals surface area contributed by atoms with Crippen molar-refractivity contribution in [2.45, 2.75) is 27.3 Å². The molecule has 0 aliphatic heterocycles. The summed E-state index contributed by atoms with van der Waals surface area (Å²) in [5.41, 5.74) is 6.13. The van der Waals surface area contributed by atoms with Crippen LogP contribution in [-0.2, 0) is 6.54 Å². The average molecular weight is 464 g/mol. The van der Waals surface area contributed by atoms with Crippen LogP contribution in [0, 0.1) is 20.8 Å². The van der Waals surface area contributed by atoms with Gasteiger partial charge in [0.25, 0.3) is 0 Å². The molecule has 0 aliphatic rings. The van der Waals surface area contributed by atoms with E-state index in [4.69, 9.17) is 23.8 Å². The van der Waals surface area contributed by atoms with Crippen LogP contribution in [0.2, 0.25) is 5.02 Å². The Bertz CT molecular complexity index is 1000. The van der Waals surface area contributed by atoms with Crippen LogP contribution in [0.4, 0.5) is 11.4 Å². The second kappa shape index (κ2) is 8.42. The SMILES string of the molecule is Cc1ccc(Cl)cc1NC(=S)Nc1cccc(Cn2nc(C)c(Br)c2C)c1. The molecule has 3 aromatic rings. The van der Waals surface area contributed by atoms with E-state index < -0.39 is 0 Å². The molecular formula is C20H20BrClN4S. The molecule has 0 fully saturated rings. The fourth-order valence-electron chi connectivity index (χ4n) is 2.76. The third kappa shape index (κ3) is 4.89. The fraction of sp³-hybridized carbons (Fsp3) is 0.200. The van der Waals surface area contributed by atoms with Crippen molar-refractivity contribution in [1.29, 1.82) is 0 Å². The zero-order valence-electron chi connectivity index (χ0n) is 15.3. The topological polar surface area (TPSA) is 41.9 Å². The molecule has 0 amide bonds. The first-order valence-corrected chi connectivity index (χ1v) is 10.0. The lowest BCUT2D eigenvalue weighted by atomic mass is 10.2. The van der Waals surface area contributed by atoms with Crippen LogP contribution in [0.5, 0.6) is 0 Å².